The first-order chi connectivity index (χ1) is 12.6. The van der Waals surface area contributed by atoms with E-state index in [0.717, 1.165) is 12.3 Å². The predicted molar refractivity (Wildman–Crippen MR) is 91.3 cm³/mol. The van der Waals surface area contributed by atoms with E-state index in [4.69, 9.17) is 4.74 Å². The first kappa shape index (κ1) is 20.2. The second-order valence-corrected chi connectivity index (χ2v) is 8.64. The van der Waals surface area contributed by atoms with E-state index in [1.807, 2.05) is 13.8 Å². The molecular weight excluding hydrogens is 387 g/mol. The lowest BCUT2D eigenvalue weighted by Gasteiger charge is -2.40. The minimum Gasteiger partial charge on any atom is -0.373 e. The first-order valence-corrected chi connectivity index (χ1v) is 10.0. The molecule has 2 unspecified atom stereocenters. The summed E-state index contributed by atoms with van der Waals surface area (Å²) >= 11 is 0. The molecular formula is C15H22F3N5O3S. The Morgan fingerprint density at radius 1 is 1.07 bits per heavy atom. The van der Waals surface area contributed by atoms with Crippen molar-refractivity contribution < 1.29 is 26.3 Å². The maximum atomic E-state index is 12.9. The molecule has 27 heavy (non-hydrogen) atoms. The molecule has 8 nitrogen and oxygen atoms in total. The van der Waals surface area contributed by atoms with Crippen LogP contribution in [0, 0.1) is 0 Å². The Morgan fingerprint density at radius 2 is 1.67 bits per heavy atom. The molecule has 0 saturated carbocycles. The minimum absolute atomic E-state index is 0.0458. The van der Waals surface area contributed by atoms with Crippen LogP contribution in [0.4, 0.5) is 19.1 Å². The van der Waals surface area contributed by atoms with E-state index in [9.17, 15) is 21.6 Å². The topological polar surface area (TPSA) is 78.9 Å². The Bertz CT molecular complexity index is 758. The SMILES string of the molecule is CC1CN(S(=O)(=O)N2CCN(c3nccc(C(F)(F)F)n3)CC2)CC(C)O1. The Kier molecular flexibility index (Phi) is 5.62. The van der Waals surface area contributed by atoms with E-state index in [2.05, 4.69) is 9.97 Å². The van der Waals surface area contributed by atoms with Gasteiger partial charge in [0.05, 0.1) is 12.2 Å². The maximum absolute atomic E-state index is 12.9. The molecule has 1 aromatic heterocycles. The van der Waals surface area contributed by atoms with Crippen molar-refractivity contribution in [3.8, 4) is 0 Å². The van der Waals surface area contributed by atoms with Gasteiger partial charge in [-0.05, 0) is 19.9 Å². The number of aromatic nitrogens is 2. The molecule has 0 aromatic carbocycles. The van der Waals surface area contributed by atoms with Crippen molar-refractivity contribution in [1.29, 1.82) is 0 Å². The van der Waals surface area contributed by atoms with Crippen LogP contribution in [0.15, 0.2) is 12.3 Å². The number of halogens is 3. The third-order valence-corrected chi connectivity index (χ3v) is 6.46. The van der Waals surface area contributed by atoms with Gasteiger partial charge in [-0.2, -0.15) is 30.2 Å². The number of hydrogen-bond acceptors (Lipinski definition) is 6. The van der Waals surface area contributed by atoms with Gasteiger partial charge in [0.1, 0.15) is 5.69 Å². The average molecular weight is 409 g/mol. The van der Waals surface area contributed by atoms with Gasteiger partial charge in [0.2, 0.25) is 5.95 Å². The molecule has 0 spiro atoms. The molecule has 2 atom stereocenters. The molecule has 2 saturated heterocycles. The van der Waals surface area contributed by atoms with Crippen LogP contribution in [-0.2, 0) is 21.1 Å². The van der Waals surface area contributed by atoms with Crippen LogP contribution in [0.5, 0.6) is 0 Å². The number of ether oxygens (including phenoxy) is 1. The van der Waals surface area contributed by atoms with Crippen molar-refractivity contribution in [3.63, 3.8) is 0 Å². The number of morpholine rings is 1. The number of hydrogen-bond donors (Lipinski definition) is 0. The van der Waals surface area contributed by atoms with Crippen LogP contribution < -0.4 is 4.90 Å². The maximum Gasteiger partial charge on any atom is 0.433 e. The Balaban J connectivity index is 1.67. The number of piperazine rings is 1. The van der Waals surface area contributed by atoms with Crippen LogP contribution in [-0.4, -0.2) is 78.5 Å². The van der Waals surface area contributed by atoms with Crippen molar-refractivity contribution in [2.24, 2.45) is 0 Å². The zero-order valence-corrected chi connectivity index (χ0v) is 15.9. The molecule has 0 radical (unpaired) electrons. The molecule has 0 amide bonds. The van der Waals surface area contributed by atoms with Gasteiger partial charge in [0.25, 0.3) is 10.2 Å². The largest absolute Gasteiger partial charge is 0.433 e. The van der Waals surface area contributed by atoms with E-state index in [0.29, 0.717) is 0 Å². The van der Waals surface area contributed by atoms with Gasteiger partial charge < -0.3 is 9.64 Å². The lowest BCUT2D eigenvalue weighted by Crippen LogP contribution is -2.57. The lowest BCUT2D eigenvalue weighted by molar-refractivity contribution is -0.141. The number of anilines is 1. The number of nitrogens with zero attached hydrogens (tertiary/aromatic N) is 5. The summed E-state index contributed by atoms with van der Waals surface area (Å²) in [5.74, 6) is -0.0458. The fourth-order valence-electron chi connectivity index (χ4n) is 3.26. The van der Waals surface area contributed by atoms with Gasteiger partial charge >= 0.3 is 6.18 Å². The summed E-state index contributed by atoms with van der Waals surface area (Å²) in [5, 5.41) is 0. The van der Waals surface area contributed by atoms with Gasteiger partial charge in [-0.3, -0.25) is 0 Å². The van der Waals surface area contributed by atoms with Crippen LogP contribution in [0.25, 0.3) is 0 Å². The van der Waals surface area contributed by atoms with Crippen molar-refractivity contribution in [2.75, 3.05) is 44.2 Å². The standard InChI is InChI=1S/C15H22F3N5O3S/c1-11-9-23(10-12(2)26-11)27(24,25)22-7-5-21(6-8-22)14-19-4-3-13(20-14)15(16,17)18/h3-4,11-12H,5-10H2,1-2H3. The van der Waals surface area contributed by atoms with Crippen molar-refractivity contribution >= 4 is 16.2 Å². The Morgan fingerprint density at radius 3 is 2.22 bits per heavy atom. The quantitative estimate of drug-likeness (QED) is 0.740. The highest BCUT2D eigenvalue weighted by Crippen LogP contribution is 2.28. The minimum atomic E-state index is -4.55. The van der Waals surface area contributed by atoms with E-state index < -0.39 is 22.1 Å². The number of rotatable bonds is 3. The van der Waals surface area contributed by atoms with Crippen molar-refractivity contribution in [3.05, 3.63) is 18.0 Å². The first-order valence-electron chi connectivity index (χ1n) is 8.63. The van der Waals surface area contributed by atoms with Gasteiger partial charge in [0, 0.05) is 45.5 Å². The molecule has 2 aliphatic heterocycles. The third-order valence-electron chi connectivity index (χ3n) is 4.49. The molecule has 0 N–H and O–H groups in total. The van der Waals surface area contributed by atoms with E-state index >= 15 is 0 Å². The molecule has 3 heterocycles. The van der Waals surface area contributed by atoms with E-state index in [1.165, 1.54) is 8.61 Å². The summed E-state index contributed by atoms with van der Waals surface area (Å²) in [6, 6.07) is 0.810. The van der Waals surface area contributed by atoms with Gasteiger partial charge in [-0.15, -0.1) is 0 Å². The summed E-state index contributed by atoms with van der Waals surface area (Å²) in [7, 11) is -3.65. The summed E-state index contributed by atoms with van der Waals surface area (Å²) in [6.07, 6.45) is -3.87. The highest BCUT2D eigenvalue weighted by molar-refractivity contribution is 7.86. The third kappa shape index (κ3) is 4.50. The molecule has 0 aliphatic carbocycles. The van der Waals surface area contributed by atoms with Gasteiger partial charge in [0.15, 0.2) is 0 Å². The van der Waals surface area contributed by atoms with E-state index in [-0.39, 0.29) is 57.4 Å². The van der Waals surface area contributed by atoms with Gasteiger partial charge in [-0.25, -0.2) is 9.97 Å². The van der Waals surface area contributed by atoms with Crippen LogP contribution in [0.2, 0.25) is 0 Å². The normalized spacial score (nSPS) is 26.3. The van der Waals surface area contributed by atoms with Crippen LogP contribution in [0.1, 0.15) is 19.5 Å². The van der Waals surface area contributed by atoms with Crippen molar-refractivity contribution in [2.45, 2.75) is 32.2 Å². The van der Waals surface area contributed by atoms with Crippen molar-refractivity contribution in [1.82, 2.24) is 18.6 Å². The molecule has 2 aliphatic rings. The fourth-order valence-corrected chi connectivity index (χ4v) is 5.01. The molecule has 2 fully saturated rings. The molecule has 152 valence electrons. The molecule has 3 rings (SSSR count). The average Bonchev–Trinajstić information content (AvgIpc) is 2.60. The smallest absolute Gasteiger partial charge is 0.373 e. The summed E-state index contributed by atoms with van der Waals surface area (Å²) in [6.45, 7) is 4.95. The molecule has 0 bridgehead atoms. The van der Waals surface area contributed by atoms with E-state index in [1.54, 1.807) is 4.90 Å². The highest BCUT2D eigenvalue weighted by Gasteiger charge is 2.37. The molecule has 12 heteroatoms. The zero-order chi connectivity index (χ0) is 19.8. The second kappa shape index (κ2) is 7.49. The number of alkyl halides is 3. The summed E-state index contributed by atoms with van der Waals surface area (Å²) < 4.78 is 72.5. The van der Waals surface area contributed by atoms with Gasteiger partial charge in [-0.1, -0.05) is 0 Å². The fraction of sp³-hybridized carbons (Fsp3) is 0.733. The summed E-state index contributed by atoms with van der Waals surface area (Å²) in [4.78, 5) is 9.01. The second-order valence-electron chi connectivity index (χ2n) is 6.71. The highest BCUT2D eigenvalue weighted by atomic mass is 32.2. The molecule has 1 aromatic rings. The van der Waals surface area contributed by atoms with Crippen LogP contribution >= 0.6 is 0 Å². The lowest BCUT2D eigenvalue weighted by atomic mass is 10.3. The predicted octanol–water partition coefficient (Wildman–Crippen LogP) is 0.971. The Labute approximate surface area is 156 Å². The monoisotopic (exact) mass is 409 g/mol. The Hall–Kier alpha value is -1.50. The zero-order valence-electron chi connectivity index (χ0n) is 15.1. The van der Waals surface area contributed by atoms with Crippen LogP contribution in [0.3, 0.4) is 0 Å². The summed E-state index contributed by atoms with van der Waals surface area (Å²) in [5.41, 5.74) is -1.01.